The molecule has 3 aromatic carbocycles. The van der Waals surface area contributed by atoms with E-state index in [9.17, 15) is 14.4 Å². The minimum Gasteiger partial charge on any atom is -0.497 e. The average Bonchev–Trinajstić information content (AvgIpc) is 3.61. The maximum absolute atomic E-state index is 13.5. The van der Waals surface area contributed by atoms with E-state index in [1.54, 1.807) is 67.8 Å². The summed E-state index contributed by atoms with van der Waals surface area (Å²) >= 11 is 0. The highest BCUT2D eigenvalue weighted by Crippen LogP contribution is 2.35. The van der Waals surface area contributed by atoms with Crippen LogP contribution in [-0.4, -0.2) is 36.0 Å². The first-order chi connectivity index (χ1) is 19.4. The fraction of sp³-hybridized carbons (Fsp3) is 0.194. The molecule has 0 spiro atoms. The quantitative estimate of drug-likeness (QED) is 0.302. The molecular formula is C31H29N3O6. The zero-order valence-electron chi connectivity index (χ0n) is 22.1. The maximum Gasteiger partial charge on any atom is 0.411 e. The number of ether oxygens (including phenoxy) is 2. The van der Waals surface area contributed by atoms with E-state index in [-0.39, 0.29) is 24.9 Å². The van der Waals surface area contributed by atoms with Gasteiger partial charge in [0.25, 0.3) is 5.91 Å². The SMILES string of the molecule is COc1ccc(C(=O)Nc2cccc([C@@H]3OC(=O)N(Cc4ccc(C)cc4)[C@@H]3C(=O)NCc3ccco3)c2)cc1. The van der Waals surface area contributed by atoms with Crippen molar-refractivity contribution in [2.24, 2.45) is 0 Å². The van der Waals surface area contributed by atoms with E-state index in [0.29, 0.717) is 28.3 Å². The number of anilines is 1. The smallest absolute Gasteiger partial charge is 0.411 e. The molecule has 2 atom stereocenters. The van der Waals surface area contributed by atoms with Gasteiger partial charge in [0.05, 0.1) is 26.5 Å². The molecule has 2 N–H and O–H groups in total. The minimum atomic E-state index is -0.948. The van der Waals surface area contributed by atoms with Gasteiger partial charge in [0.1, 0.15) is 11.5 Å². The maximum atomic E-state index is 13.5. The van der Waals surface area contributed by atoms with Crippen LogP contribution in [0.4, 0.5) is 10.5 Å². The van der Waals surface area contributed by atoms with Crippen LogP contribution in [-0.2, 0) is 22.6 Å². The predicted octanol–water partition coefficient (Wildman–Crippen LogP) is 5.23. The molecule has 204 valence electrons. The number of rotatable bonds is 9. The monoisotopic (exact) mass is 539 g/mol. The normalized spacial score (nSPS) is 16.4. The van der Waals surface area contributed by atoms with E-state index < -0.39 is 18.2 Å². The fourth-order valence-corrected chi connectivity index (χ4v) is 4.53. The summed E-state index contributed by atoms with van der Waals surface area (Å²) in [7, 11) is 1.56. The summed E-state index contributed by atoms with van der Waals surface area (Å²) in [5, 5.41) is 5.73. The lowest BCUT2D eigenvalue weighted by molar-refractivity contribution is -0.126. The summed E-state index contributed by atoms with van der Waals surface area (Å²) in [5.41, 5.74) is 3.49. The number of benzene rings is 3. The second kappa shape index (κ2) is 11.8. The Hall–Kier alpha value is -5.05. The molecule has 1 aliphatic heterocycles. The Labute approximate surface area is 231 Å². The van der Waals surface area contributed by atoms with E-state index in [1.807, 2.05) is 31.2 Å². The molecule has 2 heterocycles. The van der Waals surface area contributed by atoms with Crippen LogP contribution in [0.2, 0.25) is 0 Å². The van der Waals surface area contributed by atoms with E-state index >= 15 is 0 Å². The lowest BCUT2D eigenvalue weighted by atomic mass is 10.00. The number of cyclic esters (lactones) is 1. The Morgan fingerprint density at radius 1 is 0.975 bits per heavy atom. The molecule has 4 aromatic rings. The van der Waals surface area contributed by atoms with Crippen LogP contribution in [0, 0.1) is 6.92 Å². The molecule has 1 aromatic heterocycles. The Kier molecular flexibility index (Phi) is 7.82. The van der Waals surface area contributed by atoms with Gasteiger partial charge in [-0.3, -0.25) is 14.5 Å². The molecular weight excluding hydrogens is 510 g/mol. The predicted molar refractivity (Wildman–Crippen MR) is 148 cm³/mol. The van der Waals surface area contributed by atoms with Gasteiger partial charge in [0, 0.05) is 11.3 Å². The third-order valence-electron chi connectivity index (χ3n) is 6.67. The number of nitrogens with zero attached hydrogens (tertiary/aromatic N) is 1. The van der Waals surface area contributed by atoms with Crippen molar-refractivity contribution in [3.63, 3.8) is 0 Å². The van der Waals surface area contributed by atoms with Gasteiger partial charge in [-0.25, -0.2) is 4.79 Å². The molecule has 3 amide bonds. The molecule has 40 heavy (non-hydrogen) atoms. The van der Waals surface area contributed by atoms with Crippen molar-refractivity contribution in [1.29, 1.82) is 0 Å². The molecule has 9 nitrogen and oxygen atoms in total. The number of amides is 3. The fourth-order valence-electron chi connectivity index (χ4n) is 4.53. The van der Waals surface area contributed by atoms with Crippen LogP contribution >= 0.6 is 0 Å². The Morgan fingerprint density at radius 2 is 1.75 bits per heavy atom. The van der Waals surface area contributed by atoms with E-state index in [4.69, 9.17) is 13.9 Å². The topological polar surface area (TPSA) is 110 Å². The highest BCUT2D eigenvalue weighted by atomic mass is 16.6. The zero-order chi connectivity index (χ0) is 28.1. The summed E-state index contributed by atoms with van der Waals surface area (Å²) in [6.07, 6.45) is 0.0332. The molecule has 9 heteroatoms. The Bertz CT molecular complexity index is 1480. The van der Waals surface area contributed by atoms with Crippen molar-refractivity contribution in [2.45, 2.75) is 32.2 Å². The van der Waals surface area contributed by atoms with Gasteiger partial charge in [-0.15, -0.1) is 0 Å². The van der Waals surface area contributed by atoms with Crippen molar-refractivity contribution >= 4 is 23.6 Å². The number of hydrogen-bond donors (Lipinski definition) is 2. The number of nitrogens with one attached hydrogen (secondary N) is 2. The molecule has 0 bridgehead atoms. The van der Waals surface area contributed by atoms with Crippen LogP contribution in [0.3, 0.4) is 0 Å². The molecule has 0 saturated carbocycles. The Morgan fingerprint density at radius 3 is 2.45 bits per heavy atom. The van der Waals surface area contributed by atoms with Crippen molar-refractivity contribution in [1.82, 2.24) is 10.2 Å². The second-order valence-corrected chi connectivity index (χ2v) is 9.47. The first kappa shape index (κ1) is 26.6. The second-order valence-electron chi connectivity index (χ2n) is 9.47. The highest BCUT2D eigenvalue weighted by molar-refractivity contribution is 6.04. The van der Waals surface area contributed by atoms with Crippen molar-refractivity contribution < 1.29 is 28.3 Å². The van der Waals surface area contributed by atoms with Crippen LogP contribution in [0.25, 0.3) is 0 Å². The third kappa shape index (κ3) is 5.99. The molecule has 5 rings (SSSR count). The van der Waals surface area contributed by atoms with Gasteiger partial charge in [0.2, 0.25) is 5.91 Å². The van der Waals surface area contributed by atoms with Crippen LogP contribution in [0.15, 0.2) is 95.6 Å². The highest BCUT2D eigenvalue weighted by Gasteiger charge is 2.47. The number of aryl methyl sites for hydroxylation is 1. The van der Waals surface area contributed by atoms with E-state index in [2.05, 4.69) is 10.6 Å². The van der Waals surface area contributed by atoms with Crippen molar-refractivity contribution in [3.8, 4) is 5.75 Å². The summed E-state index contributed by atoms with van der Waals surface area (Å²) in [6.45, 7) is 2.34. The average molecular weight is 540 g/mol. The van der Waals surface area contributed by atoms with Gasteiger partial charge in [-0.2, -0.15) is 0 Å². The lowest BCUT2D eigenvalue weighted by Gasteiger charge is -2.24. The van der Waals surface area contributed by atoms with Crippen molar-refractivity contribution in [2.75, 3.05) is 12.4 Å². The lowest BCUT2D eigenvalue weighted by Crippen LogP contribution is -2.46. The molecule has 0 unspecified atom stereocenters. The van der Waals surface area contributed by atoms with Gasteiger partial charge in [-0.1, -0.05) is 42.0 Å². The number of carbonyl (C=O) groups excluding carboxylic acids is 3. The molecule has 1 fully saturated rings. The van der Waals surface area contributed by atoms with Crippen LogP contribution < -0.4 is 15.4 Å². The first-order valence-electron chi connectivity index (χ1n) is 12.8. The van der Waals surface area contributed by atoms with Crippen molar-refractivity contribution in [3.05, 3.63) is 119 Å². The van der Waals surface area contributed by atoms with E-state index in [0.717, 1.165) is 11.1 Å². The minimum absolute atomic E-state index is 0.166. The zero-order valence-corrected chi connectivity index (χ0v) is 22.1. The molecule has 1 aliphatic rings. The van der Waals surface area contributed by atoms with Gasteiger partial charge >= 0.3 is 6.09 Å². The molecule has 1 saturated heterocycles. The Balaban J connectivity index is 1.39. The summed E-state index contributed by atoms with van der Waals surface area (Å²) in [5.74, 6) is 0.542. The van der Waals surface area contributed by atoms with Gasteiger partial charge < -0.3 is 24.5 Å². The summed E-state index contributed by atoms with van der Waals surface area (Å²) in [4.78, 5) is 40.9. The third-order valence-corrected chi connectivity index (χ3v) is 6.67. The van der Waals surface area contributed by atoms with Crippen LogP contribution in [0.5, 0.6) is 5.75 Å². The molecule has 0 radical (unpaired) electrons. The van der Waals surface area contributed by atoms with Gasteiger partial charge in [0.15, 0.2) is 12.1 Å². The van der Waals surface area contributed by atoms with Gasteiger partial charge in [-0.05, 0) is 66.6 Å². The number of hydrogen-bond acceptors (Lipinski definition) is 6. The number of carbonyl (C=O) groups is 3. The standard InChI is InChI=1S/C31H29N3O6/c1-20-8-10-21(11-9-20)19-34-27(30(36)32-18-26-7-4-16-39-26)28(40-31(34)37)23-5-3-6-24(17-23)33-29(35)22-12-14-25(38-2)15-13-22/h3-17,27-28H,18-19H2,1-2H3,(H,32,36)(H,33,35)/t27-,28-/m0/s1. The molecule has 0 aliphatic carbocycles. The largest absolute Gasteiger partial charge is 0.497 e. The number of furan rings is 1. The van der Waals surface area contributed by atoms with Crippen LogP contribution in [0.1, 0.15) is 38.9 Å². The number of methoxy groups -OCH3 is 1. The van der Waals surface area contributed by atoms with E-state index in [1.165, 1.54) is 11.2 Å². The first-order valence-corrected chi connectivity index (χ1v) is 12.8. The summed E-state index contributed by atoms with van der Waals surface area (Å²) < 4.78 is 16.3. The summed E-state index contributed by atoms with van der Waals surface area (Å²) in [6, 6.07) is 24.0.